The van der Waals surface area contributed by atoms with Gasteiger partial charge in [-0.15, -0.1) is 0 Å². The third kappa shape index (κ3) is 4.08. The van der Waals surface area contributed by atoms with Gasteiger partial charge in [-0.2, -0.15) is 0 Å². The molecule has 0 fully saturated rings. The molecule has 2 N–H and O–H groups in total. The second-order valence-corrected chi connectivity index (χ2v) is 5.96. The van der Waals surface area contributed by atoms with Gasteiger partial charge in [0.15, 0.2) is 0 Å². The predicted molar refractivity (Wildman–Crippen MR) is 97.7 cm³/mol. The van der Waals surface area contributed by atoms with E-state index in [-0.39, 0.29) is 18.4 Å². The highest BCUT2D eigenvalue weighted by Gasteiger charge is 2.19. The molecule has 1 heterocycles. The van der Waals surface area contributed by atoms with Gasteiger partial charge in [-0.25, -0.2) is 0 Å². The largest absolute Gasteiger partial charge is 0.352 e. The standard InChI is InChI=1S/C18H21N3O2S/c1-4-21(18(23)14-9-6-10-19-17(14)24)11-15(22)20-16-12(2)7-5-8-13(16)3/h5-10H,4,11H2,1-3H3,(H,19,24)(H,20,22). The fourth-order valence-corrected chi connectivity index (χ4v) is 2.67. The average Bonchev–Trinajstić information content (AvgIpc) is 2.56. The zero-order chi connectivity index (χ0) is 17.7. The Morgan fingerprint density at radius 2 is 1.83 bits per heavy atom. The van der Waals surface area contributed by atoms with Crippen molar-refractivity contribution in [2.24, 2.45) is 0 Å². The molecule has 0 saturated heterocycles. The number of rotatable bonds is 5. The van der Waals surface area contributed by atoms with Crippen LogP contribution in [0.15, 0.2) is 36.5 Å². The van der Waals surface area contributed by atoms with E-state index in [2.05, 4.69) is 10.3 Å². The molecule has 0 atom stereocenters. The van der Waals surface area contributed by atoms with Crippen molar-refractivity contribution >= 4 is 29.7 Å². The molecule has 0 spiro atoms. The summed E-state index contributed by atoms with van der Waals surface area (Å²) in [6, 6.07) is 9.20. The molecule has 0 unspecified atom stereocenters. The van der Waals surface area contributed by atoms with Gasteiger partial charge in [0, 0.05) is 18.4 Å². The van der Waals surface area contributed by atoms with Crippen molar-refractivity contribution in [2.75, 3.05) is 18.4 Å². The number of hydrogen-bond acceptors (Lipinski definition) is 3. The maximum absolute atomic E-state index is 12.6. The van der Waals surface area contributed by atoms with Crippen LogP contribution in [-0.2, 0) is 4.79 Å². The van der Waals surface area contributed by atoms with Crippen molar-refractivity contribution < 1.29 is 9.59 Å². The van der Waals surface area contributed by atoms with Gasteiger partial charge in [-0.3, -0.25) is 9.59 Å². The van der Waals surface area contributed by atoms with E-state index in [0.717, 1.165) is 16.8 Å². The van der Waals surface area contributed by atoms with Crippen LogP contribution in [0.5, 0.6) is 0 Å². The summed E-state index contributed by atoms with van der Waals surface area (Å²) in [5, 5.41) is 2.90. The monoisotopic (exact) mass is 343 g/mol. The number of carbonyl (C=O) groups is 2. The van der Waals surface area contributed by atoms with Gasteiger partial charge in [0.1, 0.15) is 11.2 Å². The van der Waals surface area contributed by atoms with Crippen LogP contribution in [0.25, 0.3) is 0 Å². The van der Waals surface area contributed by atoms with Crippen molar-refractivity contribution in [1.29, 1.82) is 0 Å². The van der Waals surface area contributed by atoms with Crippen LogP contribution in [0, 0.1) is 18.5 Å². The number of anilines is 1. The maximum atomic E-state index is 12.6. The van der Waals surface area contributed by atoms with Gasteiger partial charge in [0.2, 0.25) is 5.91 Å². The highest BCUT2D eigenvalue weighted by atomic mass is 32.1. The van der Waals surface area contributed by atoms with Crippen molar-refractivity contribution in [2.45, 2.75) is 20.8 Å². The molecule has 0 saturated carbocycles. The Bertz CT molecular complexity index is 794. The van der Waals surface area contributed by atoms with E-state index in [4.69, 9.17) is 12.2 Å². The lowest BCUT2D eigenvalue weighted by molar-refractivity contribution is -0.116. The SMILES string of the molecule is CCN(CC(=O)Nc1c(C)cccc1C)C(=O)c1ccc[nH]c1=S. The minimum atomic E-state index is -0.254. The molecule has 126 valence electrons. The Morgan fingerprint density at radius 3 is 2.42 bits per heavy atom. The topological polar surface area (TPSA) is 65.2 Å². The number of aromatic nitrogens is 1. The van der Waals surface area contributed by atoms with Crippen molar-refractivity contribution in [3.05, 3.63) is 57.9 Å². The first-order chi connectivity index (χ1) is 11.4. The van der Waals surface area contributed by atoms with Gasteiger partial charge >= 0.3 is 0 Å². The fraction of sp³-hybridized carbons (Fsp3) is 0.278. The van der Waals surface area contributed by atoms with E-state index in [1.165, 1.54) is 4.90 Å². The lowest BCUT2D eigenvalue weighted by Gasteiger charge is -2.21. The summed E-state index contributed by atoms with van der Waals surface area (Å²) in [4.78, 5) is 29.3. The summed E-state index contributed by atoms with van der Waals surface area (Å²) >= 11 is 5.14. The number of pyridine rings is 1. The van der Waals surface area contributed by atoms with Crippen molar-refractivity contribution in [3.63, 3.8) is 0 Å². The highest BCUT2D eigenvalue weighted by molar-refractivity contribution is 7.71. The predicted octanol–water partition coefficient (Wildman–Crippen LogP) is 3.46. The molecule has 0 aliphatic heterocycles. The summed E-state index contributed by atoms with van der Waals surface area (Å²) in [5.74, 6) is -0.482. The summed E-state index contributed by atoms with van der Waals surface area (Å²) in [6.07, 6.45) is 1.67. The molecule has 2 rings (SSSR count). The fourth-order valence-electron chi connectivity index (χ4n) is 2.45. The van der Waals surface area contributed by atoms with E-state index >= 15 is 0 Å². The molecule has 0 bridgehead atoms. The number of aromatic amines is 1. The van der Waals surface area contributed by atoms with Crippen LogP contribution < -0.4 is 5.32 Å². The number of H-pyrrole nitrogens is 1. The molecule has 0 aliphatic carbocycles. The number of para-hydroxylation sites is 1. The average molecular weight is 343 g/mol. The highest BCUT2D eigenvalue weighted by Crippen LogP contribution is 2.19. The summed E-state index contributed by atoms with van der Waals surface area (Å²) in [6.45, 7) is 6.11. The summed E-state index contributed by atoms with van der Waals surface area (Å²) < 4.78 is 0.371. The van der Waals surface area contributed by atoms with Crippen LogP contribution in [0.2, 0.25) is 0 Å². The molecule has 6 heteroatoms. The lowest BCUT2D eigenvalue weighted by Crippen LogP contribution is -2.38. The zero-order valence-electron chi connectivity index (χ0n) is 14.1. The first-order valence-corrected chi connectivity index (χ1v) is 8.18. The van der Waals surface area contributed by atoms with E-state index < -0.39 is 0 Å². The van der Waals surface area contributed by atoms with Crippen molar-refractivity contribution in [1.82, 2.24) is 9.88 Å². The van der Waals surface area contributed by atoms with Gasteiger partial charge in [-0.1, -0.05) is 30.4 Å². The van der Waals surface area contributed by atoms with Crippen LogP contribution >= 0.6 is 12.2 Å². The van der Waals surface area contributed by atoms with Gasteiger partial charge in [0.25, 0.3) is 5.91 Å². The Kier molecular flexibility index (Phi) is 5.87. The normalized spacial score (nSPS) is 10.3. The molecule has 0 aliphatic rings. The molecule has 0 radical (unpaired) electrons. The lowest BCUT2D eigenvalue weighted by atomic mass is 10.1. The maximum Gasteiger partial charge on any atom is 0.257 e. The number of nitrogens with zero attached hydrogens (tertiary/aromatic N) is 1. The molecule has 2 amide bonds. The minimum absolute atomic E-state index is 0.0211. The Labute approximate surface area is 146 Å². The van der Waals surface area contributed by atoms with Crippen LogP contribution in [-0.4, -0.2) is 34.8 Å². The van der Waals surface area contributed by atoms with Crippen LogP contribution in [0.4, 0.5) is 5.69 Å². The van der Waals surface area contributed by atoms with Crippen LogP contribution in [0.3, 0.4) is 0 Å². The van der Waals surface area contributed by atoms with Crippen molar-refractivity contribution in [3.8, 4) is 0 Å². The van der Waals surface area contributed by atoms with Crippen LogP contribution in [0.1, 0.15) is 28.4 Å². The number of hydrogen-bond donors (Lipinski definition) is 2. The molecular formula is C18H21N3O2S. The Morgan fingerprint density at radius 1 is 1.17 bits per heavy atom. The van der Waals surface area contributed by atoms with Gasteiger partial charge in [0.05, 0.1) is 5.56 Å². The molecule has 24 heavy (non-hydrogen) atoms. The zero-order valence-corrected chi connectivity index (χ0v) is 14.9. The summed E-state index contributed by atoms with van der Waals surface area (Å²) in [5.41, 5.74) is 3.17. The molecule has 1 aromatic carbocycles. The minimum Gasteiger partial charge on any atom is -0.352 e. The Hall–Kier alpha value is -2.47. The first-order valence-electron chi connectivity index (χ1n) is 7.77. The van der Waals surface area contributed by atoms with E-state index in [1.807, 2.05) is 39.0 Å². The number of benzene rings is 1. The number of carbonyl (C=O) groups excluding carboxylic acids is 2. The smallest absolute Gasteiger partial charge is 0.257 e. The first kappa shape index (κ1) is 17.9. The van der Waals surface area contributed by atoms with Gasteiger partial charge < -0.3 is 15.2 Å². The Balaban J connectivity index is 2.13. The third-order valence-corrected chi connectivity index (χ3v) is 4.14. The van der Waals surface area contributed by atoms with Gasteiger partial charge in [-0.05, 0) is 44.0 Å². The number of aryl methyl sites for hydroxylation is 2. The molecule has 2 aromatic rings. The quantitative estimate of drug-likeness (QED) is 0.817. The van der Waals surface area contributed by atoms with E-state index in [0.29, 0.717) is 16.7 Å². The third-order valence-electron chi connectivity index (χ3n) is 3.80. The molecular weight excluding hydrogens is 322 g/mol. The molecule has 1 aromatic heterocycles. The molecule has 5 nitrogen and oxygen atoms in total. The second kappa shape index (κ2) is 7.88. The second-order valence-electron chi connectivity index (χ2n) is 5.55. The number of likely N-dealkylation sites (N-methyl/N-ethyl adjacent to an activating group) is 1. The van der Waals surface area contributed by atoms with E-state index in [9.17, 15) is 9.59 Å². The number of nitrogens with one attached hydrogen (secondary N) is 2. The number of amides is 2. The van der Waals surface area contributed by atoms with E-state index in [1.54, 1.807) is 18.3 Å². The summed E-state index contributed by atoms with van der Waals surface area (Å²) in [7, 11) is 0.